The van der Waals surface area contributed by atoms with Crippen LogP contribution in [0.5, 0.6) is 0 Å². The first-order chi connectivity index (χ1) is 13.6. The number of rotatable bonds is 6. The standard InChI is InChI=1S/C20H27N5O3/c1-3-21-20(27)22-19(26)18(16-7-5-4-6-8-16)25-11-9-24(10-12-25)14-17-13-15(2)28-23-17/h4-8,13,18H,3,9-12,14H2,1-2H3,(H2,21,22,26,27)/t18-/m0/s1. The van der Waals surface area contributed by atoms with E-state index in [1.807, 2.05) is 50.2 Å². The molecule has 1 atom stereocenters. The quantitative estimate of drug-likeness (QED) is 0.786. The van der Waals surface area contributed by atoms with Crippen LogP contribution < -0.4 is 10.6 Å². The second-order valence-corrected chi connectivity index (χ2v) is 6.90. The maximum absolute atomic E-state index is 12.9. The van der Waals surface area contributed by atoms with Crippen molar-refractivity contribution in [3.05, 3.63) is 53.4 Å². The average molecular weight is 385 g/mol. The number of nitrogens with zero attached hydrogens (tertiary/aromatic N) is 3. The second-order valence-electron chi connectivity index (χ2n) is 6.90. The predicted molar refractivity (Wildman–Crippen MR) is 104 cm³/mol. The SMILES string of the molecule is CCNC(=O)NC(=O)[C@H](c1ccccc1)N1CCN(Cc2cc(C)on2)CC1. The third-order valence-electron chi connectivity index (χ3n) is 4.77. The van der Waals surface area contributed by atoms with Crippen LogP contribution in [0, 0.1) is 6.92 Å². The van der Waals surface area contributed by atoms with E-state index in [0.717, 1.165) is 49.7 Å². The zero-order valence-corrected chi connectivity index (χ0v) is 16.4. The van der Waals surface area contributed by atoms with Crippen molar-refractivity contribution in [1.29, 1.82) is 0 Å². The highest BCUT2D eigenvalue weighted by Crippen LogP contribution is 2.23. The summed E-state index contributed by atoms with van der Waals surface area (Å²) in [7, 11) is 0. The van der Waals surface area contributed by atoms with Gasteiger partial charge in [-0.25, -0.2) is 4.79 Å². The number of aryl methyl sites for hydroxylation is 1. The molecule has 0 radical (unpaired) electrons. The molecule has 1 aromatic carbocycles. The summed E-state index contributed by atoms with van der Waals surface area (Å²) in [5.41, 5.74) is 1.80. The molecule has 2 N–H and O–H groups in total. The maximum atomic E-state index is 12.9. The van der Waals surface area contributed by atoms with Crippen LogP contribution in [0.4, 0.5) is 4.79 Å². The van der Waals surface area contributed by atoms with Gasteiger partial charge in [0.05, 0.1) is 5.69 Å². The highest BCUT2D eigenvalue weighted by atomic mass is 16.5. The van der Waals surface area contributed by atoms with Gasteiger partial charge in [0, 0.05) is 45.3 Å². The Balaban J connectivity index is 1.66. The lowest BCUT2D eigenvalue weighted by atomic mass is 10.0. The third-order valence-corrected chi connectivity index (χ3v) is 4.77. The number of piperazine rings is 1. The van der Waals surface area contributed by atoms with Crippen LogP contribution in [-0.2, 0) is 11.3 Å². The number of hydrogen-bond donors (Lipinski definition) is 2. The summed E-state index contributed by atoms with van der Waals surface area (Å²) < 4.78 is 5.13. The Bertz CT molecular complexity index is 784. The largest absolute Gasteiger partial charge is 0.361 e. The van der Waals surface area contributed by atoms with Gasteiger partial charge in [0.1, 0.15) is 11.8 Å². The molecule has 0 bridgehead atoms. The Labute approximate surface area is 164 Å². The lowest BCUT2D eigenvalue weighted by Gasteiger charge is -2.38. The summed E-state index contributed by atoms with van der Waals surface area (Å²) in [6, 6.07) is 10.6. The van der Waals surface area contributed by atoms with E-state index in [-0.39, 0.29) is 5.91 Å². The molecule has 3 rings (SSSR count). The van der Waals surface area contributed by atoms with Crippen molar-refractivity contribution in [2.45, 2.75) is 26.4 Å². The predicted octanol–water partition coefficient (Wildman–Crippen LogP) is 1.69. The maximum Gasteiger partial charge on any atom is 0.321 e. The van der Waals surface area contributed by atoms with Crippen molar-refractivity contribution in [2.24, 2.45) is 0 Å². The van der Waals surface area contributed by atoms with Crippen LogP contribution in [0.25, 0.3) is 0 Å². The van der Waals surface area contributed by atoms with Crippen molar-refractivity contribution in [2.75, 3.05) is 32.7 Å². The molecule has 0 aliphatic carbocycles. The Morgan fingerprint density at radius 2 is 1.89 bits per heavy atom. The molecule has 1 fully saturated rings. The van der Waals surface area contributed by atoms with E-state index in [2.05, 4.69) is 25.6 Å². The van der Waals surface area contributed by atoms with E-state index in [1.54, 1.807) is 0 Å². The first-order valence-electron chi connectivity index (χ1n) is 9.59. The van der Waals surface area contributed by atoms with E-state index in [4.69, 9.17) is 4.52 Å². The van der Waals surface area contributed by atoms with Crippen LogP contribution >= 0.6 is 0 Å². The molecule has 1 aliphatic heterocycles. The molecule has 0 saturated carbocycles. The van der Waals surface area contributed by atoms with Crippen molar-refractivity contribution in [3.63, 3.8) is 0 Å². The first-order valence-corrected chi connectivity index (χ1v) is 9.59. The molecule has 0 spiro atoms. The molecule has 8 nitrogen and oxygen atoms in total. The molecule has 28 heavy (non-hydrogen) atoms. The number of amides is 3. The van der Waals surface area contributed by atoms with E-state index in [0.29, 0.717) is 6.54 Å². The van der Waals surface area contributed by atoms with Crippen LogP contribution in [0.2, 0.25) is 0 Å². The van der Waals surface area contributed by atoms with Gasteiger partial charge in [0.2, 0.25) is 5.91 Å². The summed E-state index contributed by atoms with van der Waals surface area (Å²) in [5.74, 6) is 0.498. The average Bonchev–Trinajstić information content (AvgIpc) is 3.09. The Morgan fingerprint density at radius 3 is 2.50 bits per heavy atom. The summed E-state index contributed by atoms with van der Waals surface area (Å²) in [6.07, 6.45) is 0. The molecule has 0 unspecified atom stereocenters. The summed E-state index contributed by atoms with van der Waals surface area (Å²) >= 11 is 0. The number of imide groups is 1. The minimum absolute atomic E-state index is 0.308. The van der Waals surface area contributed by atoms with Crippen molar-refractivity contribution in [1.82, 2.24) is 25.6 Å². The molecular weight excluding hydrogens is 358 g/mol. The highest BCUT2D eigenvalue weighted by Gasteiger charge is 2.31. The lowest BCUT2D eigenvalue weighted by Crippen LogP contribution is -2.52. The lowest BCUT2D eigenvalue weighted by molar-refractivity contribution is -0.126. The smallest absolute Gasteiger partial charge is 0.321 e. The van der Waals surface area contributed by atoms with Crippen LogP contribution in [-0.4, -0.2) is 59.6 Å². The summed E-state index contributed by atoms with van der Waals surface area (Å²) in [5, 5.41) is 9.12. The van der Waals surface area contributed by atoms with Gasteiger partial charge in [0.15, 0.2) is 0 Å². The number of aromatic nitrogens is 1. The van der Waals surface area contributed by atoms with Gasteiger partial charge >= 0.3 is 6.03 Å². The van der Waals surface area contributed by atoms with Gasteiger partial charge in [-0.3, -0.25) is 19.9 Å². The Kier molecular flexibility index (Phi) is 6.78. The molecule has 150 valence electrons. The van der Waals surface area contributed by atoms with Crippen molar-refractivity contribution in [3.8, 4) is 0 Å². The van der Waals surface area contributed by atoms with E-state index < -0.39 is 12.1 Å². The Morgan fingerprint density at radius 1 is 1.18 bits per heavy atom. The third kappa shape index (κ3) is 5.17. The zero-order chi connectivity index (χ0) is 19.9. The zero-order valence-electron chi connectivity index (χ0n) is 16.4. The molecule has 2 heterocycles. The molecule has 1 aliphatic rings. The van der Waals surface area contributed by atoms with Crippen LogP contribution in [0.3, 0.4) is 0 Å². The van der Waals surface area contributed by atoms with Crippen LogP contribution in [0.1, 0.15) is 30.0 Å². The van der Waals surface area contributed by atoms with Gasteiger partial charge in [-0.1, -0.05) is 35.5 Å². The number of urea groups is 1. The first kappa shape index (κ1) is 20.0. The van der Waals surface area contributed by atoms with Gasteiger partial charge in [-0.05, 0) is 19.4 Å². The topological polar surface area (TPSA) is 90.7 Å². The van der Waals surface area contributed by atoms with E-state index in [9.17, 15) is 9.59 Å². The number of hydrogen-bond acceptors (Lipinski definition) is 6. The molecule has 2 aromatic rings. The van der Waals surface area contributed by atoms with E-state index in [1.165, 1.54) is 0 Å². The fraction of sp³-hybridized carbons (Fsp3) is 0.450. The van der Waals surface area contributed by atoms with Gasteiger partial charge in [-0.15, -0.1) is 0 Å². The second kappa shape index (κ2) is 9.48. The molecule has 1 aromatic heterocycles. The molecule has 3 amide bonds. The number of benzene rings is 1. The number of carbonyl (C=O) groups excluding carboxylic acids is 2. The summed E-state index contributed by atoms with van der Waals surface area (Å²) in [6.45, 7) is 7.95. The molecular formula is C20H27N5O3. The van der Waals surface area contributed by atoms with Crippen molar-refractivity contribution >= 4 is 11.9 Å². The number of nitrogens with one attached hydrogen (secondary N) is 2. The van der Waals surface area contributed by atoms with Gasteiger partial charge in [0.25, 0.3) is 0 Å². The molecule has 1 saturated heterocycles. The number of carbonyl (C=O) groups is 2. The van der Waals surface area contributed by atoms with Gasteiger partial charge in [-0.2, -0.15) is 0 Å². The minimum Gasteiger partial charge on any atom is -0.361 e. The normalized spacial score (nSPS) is 16.5. The van der Waals surface area contributed by atoms with Crippen molar-refractivity contribution < 1.29 is 14.1 Å². The fourth-order valence-electron chi connectivity index (χ4n) is 3.45. The molecule has 8 heteroatoms. The highest BCUT2D eigenvalue weighted by molar-refractivity contribution is 5.97. The fourth-order valence-corrected chi connectivity index (χ4v) is 3.45. The van der Waals surface area contributed by atoms with E-state index >= 15 is 0 Å². The van der Waals surface area contributed by atoms with Gasteiger partial charge < -0.3 is 9.84 Å². The monoisotopic (exact) mass is 385 g/mol. The van der Waals surface area contributed by atoms with Crippen LogP contribution in [0.15, 0.2) is 40.9 Å². The summed E-state index contributed by atoms with van der Waals surface area (Å²) in [4.78, 5) is 29.1. The minimum atomic E-state index is -0.500. The Hall–Kier alpha value is -2.71.